The van der Waals surface area contributed by atoms with E-state index < -0.39 is 0 Å². The standard InChI is InChI=1S/C15H27N3O.2C2H6/c1-12-14(15(3,4)5)13(2)18(16-12)7-6-17-8-10-19-11-9-17;2*1-2/h6-11H2,1-5H3;2*1-2H3. The lowest BCUT2D eigenvalue weighted by Crippen LogP contribution is -2.38. The van der Waals surface area contributed by atoms with Crippen molar-refractivity contribution in [2.75, 3.05) is 32.8 Å². The highest BCUT2D eigenvalue weighted by Crippen LogP contribution is 2.28. The number of aryl methyl sites for hydroxylation is 1. The number of morpholine rings is 1. The van der Waals surface area contributed by atoms with Crippen molar-refractivity contribution >= 4 is 0 Å². The third-order valence-corrected chi connectivity index (χ3v) is 3.86. The van der Waals surface area contributed by atoms with Crippen LogP contribution >= 0.6 is 0 Å². The maximum Gasteiger partial charge on any atom is 0.0633 e. The maximum absolute atomic E-state index is 5.38. The molecule has 2 heterocycles. The Morgan fingerprint density at radius 3 is 1.91 bits per heavy atom. The normalized spacial score (nSPS) is 15.3. The fraction of sp³-hybridized carbons (Fsp3) is 0.842. The molecular weight excluding hydrogens is 286 g/mol. The Bertz CT molecular complexity index is 427. The first-order chi connectivity index (χ1) is 10.9. The molecule has 23 heavy (non-hydrogen) atoms. The minimum atomic E-state index is 0.172. The molecular formula is C19H39N3O. The lowest BCUT2D eigenvalue weighted by Gasteiger charge is -2.26. The zero-order valence-corrected chi connectivity index (χ0v) is 17.0. The van der Waals surface area contributed by atoms with E-state index in [0.29, 0.717) is 0 Å². The molecule has 0 spiro atoms. The molecule has 0 atom stereocenters. The van der Waals surface area contributed by atoms with Crippen LogP contribution < -0.4 is 0 Å². The second kappa shape index (κ2) is 10.8. The first-order valence-electron chi connectivity index (χ1n) is 9.24. The molecule has 4 heteroatoms. The number of ether oxygens (including phenoxy) is 1. The molecule has 1 saturated heterocycles. The molecule has 0 unspecified atom stereocenters. The number of hydrogen-bond donors (Lipinski definition) is 0. The van der Waals surface area contributed by atoms with Crippen LogP contribution in [0.3, 0.4) is 0 Å². The van der Waals surface area contributed by atoms with Crippen molar-refractivity contribution in [1.29, 1.82) is 0 Å². The molecule has 1 aliphatic heterocycles. The molecule has 1 aromatic heterocycles. The molecule has 4 nitrogen and oxygen atoms in total. The summed E-state index contributed by atoms with van der Waals surface area (Å²) < 4.78 is 7.55. The van der Waals surface area contributed by atoms with Gasteiger partial charge in [-0.3, -0.25) is 9.58 Å². The summed E-state index contributed by atoms with van der Waals surface area (Å²) in [6.07, 6.45) is 0. The molecule has 1 aliphatic rings. The highest BCUT2D eigenvalue weighted by Gasteiger charge is 2.23. The molecule has 1 fully saturated rings. The summed E-state index contributed by atoms with van der Waals surface area (Å²) in [6, 6.07) is 0. The summed E-state index contributed by atoms with van der Waals surface area (Å²) >= 11 is 0. The third-order valence-electron chi connectivity index (χ3n) is 3.86. The van der Waals surface area contributed by atoms with Crippen LogP contribution in [0, 0.1) is 13.8 Å². The van der Waals surface area contributed by atoms with Gasteiger partial charge in [0.25, 0.3) is 0 Å². The molecule has 2 rings (SSSR count). The van der Waals surface area contributed by atoms with Gasteiger partial charge >= 0.3 is 0 Å². The zero-order chi connectivity index (χ0) is 18.0. The molecule has 0 amide bonds. The van der Waals surface area contributed by atoms with Gasteiger partial charge in [-0.15, -0.1) is 0 Å². The summed E-state index contributed by atoms with van der Waals surface area (Å²) in [5.74, 6) is 0. The van der Waals surface area contributed by atoms with Crippen LogP contribution in [0.5, 0.6) is 0 Å². The summed E-state index contributed by atoms with van der Waals surface area (Å²) in [5.41, 5.74) is 4.06. The van der Waals surface area contributed by atoms with E-state index >= 15 is 0 Å². The van der Waals surface area contributed by atoms with E-state index in [1.807, 2.05) is 27.7 Å². The van der Waals surface area contributed by atoms with E-state index in [4.69, 9.17) is 9.84 Å². The highest BCUT2D eigenvalue weighted by atomic mass is 16.5. The van der Waals surface area contributed by atoms with Gasteiger partial charge in [-0.05, 0) is 19.3 Å². The van der Waals surface area contributed by atoms with Crippen molar-refractivity contribution in [3.63, 3.8) is 0 Å². The molecule has 0 aromatic carbocycles. The van der Waals surface area contributed by atoms with Gasteiger partial charge in [0, 0.05) is 30.9 Å². The average molecular weight is 326 g/mol. The lowest BCUT2D eigenvalue weighted by molar-refractivity contribution is 0.0359. The minimum Gasteiger partial charge on any atom is -0.379 e. The van der Waals surface area contributed by atoms with Gasteiger partial charge in [-0.1, -0.05) is 48.5 Å². The predicted octanol–water partition coefficient (Wildman–Crippen LogP) is 4.18. The number of hydrogen-bond acceptors (Lipinski definition) is 3. The van der Waals surface area contributed by atoms with Crippen molar-refractivity contribution < 1.29 is 4.74 Å². The quantitative estimate of drug-likeness (QED) is 0.835. The van der Waals surface area contributed by atoms with Crippen LogP contribution in [-0.2, 0) is 16.7 Å². The van der Waals surface area contributed by atoms with Crippen molar-refractivity contribution in [3.05, 3.63) is 17.0 Å². The van der Waals surface area contributed by atoms with E-state index in [9.17, 15) is 0 Å². The topological polar surface area (TPSA) is 30.3 Å². The van der Waals surface area contributed by atoms with Crippen molar-refractivity contribution in [3.8, 4) is 0 Å². The lowest BCUT2D eigenvalue weighted by atomic mass is 9.85. The SMILES string of the molecule is CC.CC.Cc1nn(CCN2CCOCC2)c(C)c1C(C)(C)C. The summed E-state index contributed by atoms with van der Waals surface area (Å²) in [7, 11) is 0. The molecule has 1 aromatic rings. The Labute approximate surface area is 144 Å². The molecule has 136 valence electrons. The average Bonchev–Trinajstić information content (AvgIpc) is 2.84. The van der Waals surface area contributed by atoms with Crippen LogP contribution in [0.15, 0.2) is 0 Å². The fourth-order valence-electron chi connectivity index (χ4n) is 3.06. The molecule has 0 aliphatic carbocycles. The van der Waals surface area contributed by atoms with E-state index in [1.165, 1.54) is 17.0 Å². The van der Waals surface area contributed by atoms with Crippen LogP contribution in [0.2, 0.25) is 0 Å². The Kier molecular flexibility index (Phi) is 10.4. The zero-order valence-electron chi connectivity index (χ0n) is 17.0. The van der Waals surface area contributed by atoms with E-state index in [2.05, 4.69) is 44.2 Å². The Hall–Kier alpha value is -0.870. The van der Waals surface area contributed by atoms with Crippen molar-refractivity contribution in [2.24, 2.45) is 0 Å². The number of nitrogens with zero attached hydrogens (tertiary/aromatic N) is 3. The van der Waals surface area contributed by atoms with Crippen LogP contribution in [-0.4, -0.2) is 47.5 Å². The molecule has 0 N–H and O–H groups in total. The second-order valence-corrected chi connectivity index (χ2v) is 6.47. The monoisotopic (exact) mass is 325 g/mol. The summed E-state index contributed by atoms with van der Waals surface area (Å²) in [6.45, 7) is 25.0. The van der Waals surface area contributed by atoms with E-state index in [-0.39, 0.29) is 5.41 Å². The van der Waals surface area contributed by atoms with Gasteiger partial charge < -0.3 is 4.74 Å². The largest absolute Gasteiger partial charge is 0.379 e. The number of rotatable bonds is 3. The van der Waals surface area contributed by atoms with Crippen molar-refractivity contribution in [2.45, 2.75) is 74.3 Å². The van der Waals surface area contributed by atoms with Gasteiger partial charge in [0.15, 0.2) is 0 Å². The van der Waals surface area contributed by atoms with Gasteiger partial charge in [-0.25, -0.2) is 0 Å². The molecule has 0 radical (unpaired) electrons. The fourth-order valence-corrected chi connectivity index (χ4v) is 3.06. The molecule has 0 bridgehead atoms. The van der Waals surface area contributed by atoms with E-state index in [1.54, 1.807) is 0 Å². The first kappa shape index (κ1) is 22.1. The van der Waals surface area contributed by atoms with Gasteiger partial charge in [0.05, 0.1) is 25.5 Å². The minimum absolute atomic E-state index is 0.172. The van der Waals surface area contributed by atoms with Gasteiger partial charge in [0.1, 0.15) is 0 Å². The highest BCUT2D eigenvalue weighted by molar-refractivity contribution is 5.31. The maximum atomic E-state index is 5.38. The smallest absolute Gasteiger partial charge is 0.0633 e. The third kappa shape index (κ3) is 6.64. The van der Waals surface area contributed by atoms with Crippen LogP contribution in [0.4, 0.5) is 0 Å². The van der Waals surface area contributed by atoms with Crippen LogP contribution in [0.25, 0.3) is 0 Å². The summed E-state index contributed by atoms with van der Waals surface area (Å²) in [4.78, 5) is 2.46. The second-order valence-electron chi connectivity index (χ2n) is 6.47. The Morgan fingerprint density at radius 2 is 1.48 bits per heavy atom. The predicted molar refractivity (Wildman–Crippen MR) is 100 cm³/mol. The van der Waals surface area contributed by atoms with Crippen LogP contribution in [0.1, 0.15) is 65.4 Å². The van der Waals surface area contributed by atoms with Gasteiger partial charge in [-0.2, -0.15) is 5.10 Å². The molecule has 0 saturated carbocycles. The first-order valence-corrected chi connectivity index (χ1v) is 9.24. The Balaban J connectivity index is 0.00000112. The van der Waals surface area contributed by atoms with Crippen molar-refractivity contribution in [1.82, 2.24) is 14.7 Å². The number of aromatic nitrogens is 2. The van der Waals surface area contributed by atoms with Gasteiger partial charge in [0.2, 0.25) is 0 Å². The summed E-state index contributed by atoms with van der Waals surface area (Å²) in [5, 5.41) is 4.72. The van der Waals surface area contributed by atoms with E-state index in [0.717, 1.165) is 39.4 Å². The Morgan fingerprint density at radius 1 is 0.957 bits per heavy atom.